The molecular formula is C22H27N5O3. The van der Waals surface area contributed by atoms with Gasteiger partial charge in [0.25, 0.3) is 5.91 Å². The van der Waals surface area contributed by atoms with Crippen LogP contribution in [0, 0.1) is 20.8 Å². The highest BCUT2D eigenvalue weighted by Crippen LogP contribution is 2.37. The van der Waals surface area contributed by atoms with Crippen LogP contribution in [0.25, 0.3) is 16.7 Å². The molecule has 1 amide bonds. The molecule has 30 heavy (non-hydrogen) atoms. The van der Waals surface area contributed by atoms with Crippen LogP contribution in [0.3, 0.4) is 0 Å². The van der Waals surface area contributed by atoms with Crippen LogP contribution in [0.15, 0.2) is 18.2 Å². The van der Waals surface area contributed by atoms with E-state index in [-0.39, 0.29) is 22.7 Å². The Morgan fingerprint density at radius 1 is 1.27 bits per heavy atom. The summed E-state index contributed by atoms with van der Waals surface area (Å²) >= 11 is 0. The summed E-state index contributed by atoms with van der Waals surface area (Å²) < 4.78 is 7.64. The fourth-order valence-corrected chi connectivity index (χ4v) is 4.09. The predicted octanol–water partition coefficient (Wildman–Crippen LogP) is 2.60. The van der Waals surface area contributed by atoms with E-state index in [0.29, 0.717) is 34.8 Å². The molecule has 8 heteroatoms. The molecule has 0 atom stereocenters. The fraction of sp³-hybridized carbons (Fsp3) is 0.364. The number of hydrogen-bond donors (Lipinski definition) is 4. The van der Waals surface area contributed by atoms with Crippen LogP contribution in [0.2, 0.25) is 0 Å². The molecule has 1 saturated carbocycles. The summed E-state index contributed by atoms with van der Waals surface area (Å²) in [4.78, 5) is 16.9. The van der Waals surface area contributed by atoms with Crippen LogP contribution in [0.4, 0.5) is 5.82 Å². The van der Waals surface area contributed by atoms with Gasteiger partial charge in [0.15, 0.2) is 5.65 Å². The van der Waals surface area contributed by atoms with Crippen molar-refractivity contribution in [3.63, 3.8) is 0 Å². The summed E-state index contributed by atoms with van der Waals surface area (Å²) in [5.41, 5.74) is 21.6. The molecule has 0 saturated heterocycles. The van der Waals surface area contributed by atoms with Gasteiger partial charge in [-0.15, -0.1) is 0 Å². The number of fused-ring (bicyclic) bond motifs is 1. The maximum Gasteiger partial charge on any atom is 0.253 e. The molecule has 8 nitrogen and oxygen atoms in total. The van der Waals surface area contributed by atoms with Crippen LogP contribution in [-0.2, 0) is 0 Å². The molecule has 0 unspecified atom stereocenters. The molecule has 2 aromatic heterocycles. The highest BCUT2D eigenvalue weighted by molar-refractivity contribution is 6.11. The van der Waals surface area contributed by atoms with Crippen LogP contribution in [-0.4, -0.2) is 32.7 Å². The van der Waals surface area contributed by atoms with Crippen LogP contribution in [0.5, 0.6) is 11.6 Å². The van der Waals surface area contributed by atoms with Crippen molar-refractivity contribution in [3.05, 3.63) is 40.5 Å². The Morgan fingerprint density at radius 2 is 1.97 bits per heavy atom. The number of nitrogen functional groups attached to an aromatic ring is 1. The largest absolute Gasteiger partial charge is 0.508 e. The molecule has 158 valence electrons. The third-order valence-corrected chi connectivity index (χ3v) is 6.04. The standard InChI is InChI=1S/C22H27N5O3/c1-11-5-6-15(28)13(3)17(11)27-18(23)16(19(24)29)14-9-12(2)21(26-20(14)27)30-10-22(25)7-4-8-22/h5-6,9,28H,4,7-8,10,23,25H2,1-3H3,(H2,24,29). The van der Waals surface area contributed by atoms with E-state index in [4.69, 9.17) is 26.9 Å². The average Bonchev–Trinajstić information content (AvgIpc) is 2.93. The van der Waals surface area contributed by atoms with Gasteiger partial charge in [0.2, 0.25) is 5.88 Å². The lowest BCUT2D eigenvalue weighted by atomic mass is 9.78. The summed E-state index contributed by atoms with van der Waals surface area (Å²) in [7, 11) is 0. The lowest BCUT2D eigenvalue weighted by Gasteiger charge is -2.37. The van der Waals surface area contributed by atoms with Gasteiger partial charge in [0.05, 0.1) is 16.8 Å². The first-order chi connectivity index (χ1) is 14.1. The number of primary amides is 1. The lowest BCUT2D eigenvalue weighted by Crippen LogP contribution is -2.51. The summed E-state index contributed by atoms with van der Waals surface area (Å²) in [5.74, 6) is 0.0881. The van der Waals surface area contributed by atoms with E-state index in [2.05, 4.69) is 0 Å². The van der Waals surface area contributed by atoms with Crippen molar-refractivity contribution in [3.8, 4) is 17.3 Å². The van der Waals surface area contributed by atoms with Gasteiger partial charge >= 0.3 is 0 Å². The number of aryl methyl sites for hydroxylation is 2. The van der Waals surface area contributed by atoms with E-state index in [1.807, 2.05) is 19.9 Å². The molecule has 4 rings (SSSR count). The minimum atomic E-state index is -0.642. The number of rotatable bonds is 5. The molecule has 1 aromatic carbocycles. The topological polar surface area (TPSA) is 142 Å². The lowest BCUT2D eigenvalue weighted by molar-refractivity contribution is 0.100. The number of carbonyl (C=O) groups is 1. The monoisotopic (exact) mass is 409 g/mol. The third-order valence-electron chi connectivity index (χ3n) is 6.04. The molecule has 3 aromatic rings. The van der Waals surface area contributed by atoms with Gasteiger partial charge in [-0.3, -0.25) is 9.36 Å². The van der Waals surface area contributed by atoms with Crippen LogP contribution < -0.4 is 21.9 Å². The van der Waals surface area contributed by atoms with E-state index >= 15 is 0 Å². The highest BCUT2D eigenvalue weighted by Gasteiger charge is 2.34. The first kappa shape index (κ1) is 20.0. The second-order valence-corrected chi connectivity index (χ2v) is 8.32. The molecule has 0 spiro atoms. The van der Waals surface area contributed by atoms with Crippen molar-refractivity contribution in [2.75, 3.05) is 12.3 Å². The number of ether oxygens (including phenoxy) is 1. The Hall–Kier alpha value is -3.26. The predicted molar refractivity (Wildman–Crippen MR) is 116 cm³/mol. The number of aromatic hydroxyl groups is 1. The minimum absolute atomic E-state index is 0.121. The van der Waals surface area contributed by atoms with E-state index in [1.165, 1.54) is 0 Å². The number of benzene rings is 1. The number of phenols is 1. The van der Waals surface area contributed by atoms with Gasteiger partial charge in [0.1, 0.15) is 18.2 Å². The van der Waals surface area contributed by atoms with E-state index < -0.39 is 5.91 Å². The Balaban J connectivity index is 1.95. The van der Waals surface area contributed by atoms with E-state index in [9.17, 15) is 9.90 Å². The molecule has 0 radical (unpaired) electrons. The summed E-state index contributed by atoms with van der Waals surface area (Å²) in [6.07, 6.45) is 2.94. The third kappa shape index (κ3) is 3.04. The normalized spacial score (nSPS) is 15.2. The maximum atomic E-state index is 12.2. The average molecular weight is 409 g/mol. The molecule has 1 fully saturated rings. The van der Waals surface area contributed by atoms with Gasteiger partial charge in [0, 0.05) is 16.5 Å². The second-order valence-electron chi connectivity index (χ2n) is 8.32. The Kier molecular flexibility index (Phi) is 4.62. The number of pyridine rings is 1. The Labute approximate surface area is 174 Å². The number of aromatic nitrogens is 2. The van der Waals surface area contributed by atoms with Gasteiger partial charge in [-0.25, -0.2) is 0 Å². The molecule has 7 N–H and O–H groups in total. The van der Waals surface area contributed by atoms with Crippen molar-refractivity contribution in [1.29, 1.82) is 0 Å². The SMILES string of the molecule is Cc1cc2c(C(N)=O)c(N)n(-c3c(C)ccc(O)c3C)c2nc1OCC1(N)CCC1. The number of anilines is 1. The second kappa shape index (κ2) is 6.91. The molecule has 0 aliphatic heterocycles. The summed E-state index contributed by atoms with van der Waals surface area (Å²) in [6, 6.07) is 5.21. The highest BCUT2D eigenvalue weighted by atomic mass is 16.5. The Morgan fingerprint density at radius 3 is 2.57 bits per heavy atom. The molecular weight excluding hydrogens is 382 g/mol. The molecule has 1 aliphatic carbocycles. The minimum Gasteiger partial charge on any atom is -0.508 e. The van der Waals surface area contributed by atoms with E-state index in [0.717, 1.165) is 30.4 Å². The molecule has 2 heterocycles. The van der Waals surface area contributed by atoms with Gasteiger partial charge in [-0.05, 0) is 57.7 Å². The zero-order chi connectivity index (χ0) is 21.8. The zero-order valence-electron chi connectivity index (χ0n) is 17.5. The molecule has 1 aliphatic rings. The van der Waals surface area contributed by atoms with Crippen molar-refractivity contribution in [2.24, 2.45) is 11.5 Å². The number of phenolic OH excluding ortho intramolecular Hbond substituents is 1. The fourth-order valence-electron chi connectivity index (χ4n) is 4.09. The first-order valence-electron chi connectivity index (χ1n) is 9.95. The van der Waals surface area contributed by atoms with Crippen LogP contribution in [0.1, 0.15) is 46.3 Å². The summed E-state index contributed by atoms with van der Waals surface area (Å²) in [5, 5.41) is 10.8. The zero-order valence-corrected chi connectivity index (χ0v) is 17.5. The van der Waals surface area contributed by atoms with Gasteiger partial charge in [-0.1, -0.05) is 6.07 Å². The number of hydrogen-bond acceptors (Lipinski definition) is 6. The number of amides is 1. The maximum absolute atomic E-state index is 12.2. The number of nitrogens with zero attached hydrogens (tertiary/aromatic N) is 2. The Bertz CT molecular complexity index is 1180. The quantitative estimate of drug-likeness (QED) is 0.510. The van der Waals surface area contributed by atoms with Crippen molar-refractivity contribution in [2.45, 2.75) is 45.6 Å². The number of nitrogens with two attached hydrogens (primary N) is 3. The van der Waals surface area contributed by atoms with E-state index in [1.54, 1.807) is 23.6 Å². The first-order valence-corrected chi connectivity index (χ1v) is 9.95. The molecule has 0 bridgehead atoms. The summed E-state index contributed by atoms with van der Waals surface area (Å²) in [6.45, 7) is 5.91. The van der Waals surface area contributed by atoms with Crippen molar-refractivity contribution in [1.82, 2.24) is 9.55 Å². The smallest absolute Gasteiger partial charge is 0.253 e. The van der Waals surface area contributed by atoms with Gasteiger partial charge < -0.3 is 27.0 Å². The van der Waals surface area contributed by atoms with Crippen molar-refractivity contribution < 1.29 is 14.6 Å². The van der Waals surface area contributed by atoms with Crippen molar-refractivity contribution >= 4 is 22.8 Å². The van der Waals surface area contributed by atoms with Crippen LogP contribution >= 0.6 is 0 Å². The number of carbonyl (C=O) groups excluding carboxylic acids is 1. The van der Waals surface area contributed by atoms with Gasteiger partial charge in [-0.2, -0.15) is 4.98 Å².